The number of nitrogen functional groups attached to an aromatic ring is 1. The lowest BCUT2D eigenvalue weighted by atomic mass is 10.1. The molecule has 0 saturated heterocycles. The van der Waals surface area contributed by atoms with E-state index in [-0.39, 0.29) is 0 Å². The zero-order chi connectivity index (χ0) is 13.2. The third-order valence-electron chi connectivity index (χ3n) is 3.07. The lowest BCUT2D eigenvalue weighted by Crippen LogP contribution is -2.14. The summed E-state index contributed by atoms with van der Waals surface area (Å²) in [7, 11) is 0. The summed E-state index contributed by atoms with van der Waals surface area (Å²) < 4.78 is 0. The molecule has 0 radical (unpaired) electrons. The lowest BCUT2D eigenvalue weighted by molar-refractivity contribution is 0.926. The van der Waals surface area contributed by atoms with Crippen molar-refractivity contribution in [3.8, 4) is 0 Å². The summed E-state index contributed by atoms with van der Waals surface area (Å²) in [6, 6.07) is 7.75. The number of aromatic nitrogens is 2. The molecule has 98 valence electrons. The van der Waals surface area contributed by atoms with Gasteiger partial charge in [0.05, 0.1) is 5.69 Å². The summed E-state index contributed by atoms with van der Waals surface area (Å²) in [5.41, 5.74) is 5.90. The Morgan fingerprint density at radius 2 is 2.11 bits per heavy atom. The van der Waals surface area contributed by atoms with Gasteiger partial charge in [0, 0.05) is 28.5 Å². The van der Waals surface area contributed by atoms with Crippen LogP contribution in [-0.4, -0.2) is 9.97 Å². The number of nitrogens with two attached hydrogens (primary N) is 1. The van der Waals surface area contributed by atoms with E-state index in [0.717, 1.165) is 45.0 Å². The topological polar surface area (TPSA) is 63.8 Å². The van der Waals surface area contributed by atoms with Crippen LogP contribution < -0.4 is 11.3 Å². The second kappa shape index (κ2) is 5.36. The van der Waals surface area contributed by atoms with Crippen molar-refractivity contribution < 1.29 is 0 Å². The van der Waals surface area contributed by atoms with Gasteiger partial charge in [-0.1, -0.05) is 29.8 Å². The Morgan fingerprint density at radius 3 is 2.89 bits per heavy atom. The molecule has 0 atom stereocenters. The van der Waals surface area contributed by atoms with Crippen LogP contribution in [0.2, 0.25) is 5.02 Å². The quantitative estimate of drug-likeness (QED) is 0.673. The van der Waals surface area contributed by atoms with Gasteiger partial charge in [0.1, 0.15) is 11.6 Å². The van der Waals surface area contributed by atoms with Crippen molar-refractivity contribution >= 4 is 29.2 Å². The van der Waals surface area contributed by atoms with E-state index in [1.165, 1.54) is 0 Å². The molecule has 0 amide bonds. The van der Waals surface area contributed by atoms with Crippen molar-refractivity contribution in [2.45, 2.75) is 17.9 Å². The van der Waals surface area contributed by atoms with Crippen LogP contribution in [0.1, 0.15) is 22.6 Å². The molecule has 1 aromatic carbocycles. The number of fused-ring (bicyclic) bond motifs is 1. The zero-order valence-corrected chi connectivity index (χ0v) is 11.8. The Kier molecular flexibility index (Phi) is 3.59. The van der Waals surface area contributed by atoms with Gasteiger partial charge in [0.25, 0.3) is 0 Å². The zero-order valence-electron chi connectivity index (χ0n) is 10.2. The summed E-state index contributed by atoms with van der Waals surface area (Å²) in [6.07, 6.45) is 0.617. The molecule has 0 spiro atoms. The first-order valence-corrected chi connectivity index (χ1v) is 7.47. The van der Waals surface area contributed by atoms with Crippen LogP contribution in [0, 0.1) is 0 Å². The molecule has 0 bridgehead atoms. The number of hydrogen-bond acceptors (Lipinski definition) is 5. The Bertz CT molecular complexity index is 618. The average Bonchev–Trinajstić information content (AvgIpc) is 2.89. The molecule has 6 heteroatoms. The number of thioether (sulfide) groups is 1. The van der Waals surface area contributed by atoms with Crippen LogP contribution in [0.5, 0.6) is 0 Å². The normalized spacial score (nSPS) is 13.4. The van der Waals surface area contributed by atoms with E-state index in [9.17, 15) is 0 Å². The summed E-state index contributed by atoms with van der Waals surface area (Å²) in [6.45, 7) is 0. The third-order valence-corrected chi connectivity index (χ3v) is 4.41. The fourth-order valence-corrected chi connectivity index (χ4v) is 3.36. The first kappa shape index (κ1) is 12.7. The Labute approximate surface area is 120 Å². The van der Waals surface area contributed by atoms with Crippen molar-refractivity contribution in [1.82, 2.24) is 9.97 Å². The Hall–Kier alpha value is -1.30. The molecule has 1 aliphatic rings. The largest absolute Gasteiger partial charge is 0.308 e. The number of hydrazine groups is 1. The van der Waals surface area contributed by atoms with Gasteiger partial charge < -0.3 is 5.43 Å². The molecule has 3 N–H and O–H groups in total. The number of benzene rings is 1. The molecule has 4 nitrogen and oxygen atoms in total. The van der Waals surface area contributed by atoms with Crippen molar-refractivity contribution in [3.63, 3.8) is 0 Å². The molecule has 0 unspecified atom stereocenters. The first-order valence-electron chi connectivity index (χ1n) is 5.94. The molecule has 0 aliphatic carbocycles. The number of nitrogens with zero attached hydrogens (tertiary/aromatic N) is 2. The van der Waals surface area contributed by atoms with Gasteiger partial charge in [-0.25, -0.2) is 15.8 Å². The minimum Gasteiger partial charge on any atom is -0.308 e. The maximum absolute atomic E-state index is 6.17. The van der Waals surface area contributed by atoms with Crippen molar-refractivity contribution in [3.05, 3.63) is 51.9 Å². The minimum atomic E-state index is 0.617. The molecular weight excluding hydrogens is 280 g/mol. The fraction of sp³-hybridized carbons (Fsp3) is 0.231. The number of anilines is 1. The standard InChI is InChI=1S/C13H13ClN4S/c14-10-4-2-1-3-8(10)5-12-16-11-7-19-6-9(11)13(17-12)18-15/h1-4H,5-7,15H2,(H,16,17,18). The van der Waals surface area contributed by atoms with Gasteiger partial charge >= 0.3 is 0 Å². The molecule has 3 rings (SSSR count). The second-order valence-electron chi connectivity index (χ2n) is 4.32. The predicted octanol–water partition coefficient (Wildman–Crippen LogP) is 2.75. The molecule has 2 aromatic rings. The summed E-state index contributed by atoms with van der Waals surface area (Å²) in [4.78, 5) is 9.09. The van der Waals surface area contributed by atoms with E-state index < -0.39 is 0 Å². The molecule has 2 heterocycles. The van der Waals surface area contributed by atoms with Crippen molar-refractivity contribution in [1.29, 1.82) is 0 Å². The van der Waals surface area contributed by atoms with E-state index in [1.54, 1.807) is 0 Å². The van der Waals surface area contributed by atoms with E-state index in [0.29, 0.717) is 6.42 Å². The van der Waals surface area contributed by atoms with E-state index in [1.807, 2.05) is 36.0 Å². The van der Waals surface area contributed by atoms with Crippen LogP contribution in [0.4, 0.5) is 5.82 Å². The van der Waals surface area contributed by atoms with Crippen LogP contribution in [0.15, 0.2) is 24.3 Å². The maximum Gasteiger partial charge on any atom is 0.148 e. The maximum atomic E-state index is 6.17. The molecular formula is C13H13ClN4S. The van der Waals surface area contributed by atoms with E-state index in [4.69, 9.17) is 17.4 Å². The highest BCUT2D eigenvalue weighted by molar-refractivity contribution is 7.98. The Balaban J connectivity index is 1.96. The highest BCUT2D eigenvalue weighted by Gasteiger charge is 2.19. The van der Waals surface area contributed by atoms with Crippen molar-refractivity contribution in [2.75, 3.05) is 5.43 Å². The summed E-state index contributed by atoms with van der Waals surface area (Å²) >= 11 is 7.99. The monoisotopic (exact) mass is 292 g/mol. The highest BCUT2D eigenvalue weighted by Crippen LogP contribution is 2.32. The number of hydrogen-bond donors (Lipinski definition) is 2. The molecule has 1 aliphatic heterocycles. The predicted molar refractivity (Wildman–Crippen MR) is 79.1 cm³/mol. The molecule has 0 saturated carbocycles. The van der Waals surface area contributed by atoms with Gasteiger partial charge in [0.2, 0.25) is 0 Å². The van der Waals surface area contributed by atoms with E-state index >= 15 is 0 Å². The van der Waals surface area contributed by atoms with Crippen molar-refractivity contribution in [2.24, 2.45) is 5.84 Å². The fourth-order valence-electron chi connectivity index (χ4n) is 2.11. The minimum absolute atomic E-state index is 0.617. The third kappa shape index (κ3) is 2.54. The summed E-state index contributed by atoms with van der Waals surface area (Å²) in [5.74, 6) is 8.86. The number of nitrogens with one attached hydrogen (secondary N) is 1. The van der Waals surface area contributed by atoms with Crippen LogP contribution in [0.25, 0.3) is 0 Å². The van der Waals surface area contributed by atoms with Gasteiger partial charge in [-0.05, 0) is 11.6 Å². The molecule has 0 fully saturated rings. The lowest BCUT2D eigenvalue weighted by Gasteiger charge is -2.09. The Morgan fingerprint density at radius 1 is 1.26 bits per heavy atom. The van der Waals surface area contributed by atoms with Gasteiger partial charge in [-0.15, -0.1) is 0 Å². The number of halogens is 1. The average molecular weight is 293 g/mol. The highest BCUT2D eigenvalue weighted by atomic mass is 35.5. The first-order chi connectivity index (χ1) is 9.28. The SMILES string of the molecule is NNc1nc(Cc2ccccc2Cl)nc2c1CSC2. The van der Waals surface area contributed by atoms with Crippen LogP contribution >= 0.6 is 23.4 Å². The smallest absolute Gasteiger partial charge is 0.148 e. The van der Waals surface area contributed by atoms with Gasteiger partial charge in [-0.2, -0.15) is 11.8 Å². The van der Waals surface area contributed by atoms with E-state index in [2.05, 4.69) is 15.4 Å². The van der Waals surface area contributed by atoms with Crippen LogP contribution in [-0.2, 0) is 17.9 Å². The summed E-state index contributed by atoms with van der Waals surface area (Å²) in [5, 5.41) is 0.739. The molecule has 1 aromatic heterocycles. The number of rotatable bonds is 3. The second-order valence-corrected chi connectivity index (χ2v) is 5.71. The molecule has 19 heavy (non-hydrogen) atoms. The van der Waals surface area contributed by atoms with Crippen LogP contribution in [0.3, 0.4) is 0 Å². The van der Waals surface area contributed by atoms with Gasteiger partial charge in [-0.3, -0.25) is 0 Å². The van der Waals surface area contributed by atoms with Gasteiger partial charge in [0.15, 0.2) is 0 Å².